The van der Waals surface area contributed by atoms with E-state index in [1.807, 2.05) is 30.3 Å². The molecule has 1 aromatic carbocycles. The standard InChI is InChI=1S/C11H11N5S/c12-11(17)16-14-7-9-6-13-15-10(9)8-4-2-1-3-5-8/h1-7H,(H,13,15)(H3,12,16,17)/b14-7+. The second-order valence-corrected chi connectivity index (χ2v) is 3.74. The first-order chi connectivity index (χ1) is 8.27. The molecule has 17 heavy (non-hydrogen) atoms. The summed E-state index contributed by atoms with van der Waals surface area (Å²) in [6.45, 7) is 0. The van der Waals surface area contributed by atoms with Gasteiger partial charge in [-0.25, -0.2) is 0 Å². The summed E-state index contributed by atoms with van der Waals surface area (Å²) in [5.74, 6) is 0. The number of aromatic amines is 1. The quantitative estimate of drug-likeness (QED) is 0.432. The van der Waals surface area contributed by atoms with Gasteiger partial charge in [-0.1, -0.05) is 30.3 Å². The normalized spacial score (nSPS) is 10.6. The highest BCUT2D eigenvalue weighted by Gasteiger charge is 2.04. The minimum atomic E-state index is 0.131. The van der Waals surface area contributed by atoms with Crippen molar-refractivity contribution in [2.75, 3.05) is 0 Å². The summed E-state index contributed by atoms with van der Waals surface area (Å²) < 4.78 is 0. The van der Waals surface area contributed by atoms with Crippen LogP contribution in [0, 0.1) is 0 Å². The molecule has 0 saturated carbocycles. The number of benzene rings is 1. The lowest BCUT2D eigenvalue weighted by Gasteiger charge is -1.98. The van der Waals surface area contributed by atoms with E-state index in [1.165, 1.54) is 0 Å². The number of nitrogens with two attached hydrogens (primary N) is 1. The number of hydrogen-bond acceptors (Lipinski definition) is 3. The number of aromatic nitrogens is 2. The molecule has 86 valence electrons. The van der Waals surface area contributed by atoms with E-state index >= 15 is 0 Å². The zero-order valence-electron chi connectivity index (χ0n) is 8.92. The molecule has 0 spiro atoms. The van der Waals surface area contributed by atoms with Crippen molar-refractivity contribution in [2.45, 2.75) is 0 Å². The molecule has 0 bridgehead atoms. The number of hydrogen-bond donors (Lipinski definition) is 3. The molecule has 0 atom stereocenters. The third kappa shape index (κ3) is 2.88. The number of hydrazone groups is 1. The van der Waals surface area contributed by atoms with E-state index in [0.29, 0.717) is 0 Å². The highest BCUT2D eigenvalue weighted by atomic mass is 32.1. The molecular weight excluding hydrogens is 234 g/mol. The Morgan fingerprint density at radius 2 is 2.18 bits per heavy atom. The Kier molecular flexibility index (Phi) is 3.46. The predicted molar refractivity (Wildman–Crippen MR) is 71.5 cm³/mol. The fraction of sp³-hybridized carbons (Fsp3) is 0. The molecule has 0 aliphatic carbocycles. The second kappa shape index (κ2) is 5.22. The molecule has 5 nitrogen and oxygen atoms in total. The number of thiocarbonyl (C=S) groups is 1. The molecule has 0 fully saturated rings. The van der Waals surface area contributed by atoms with Gasteiger partial charge < -0.3 is 5.73 Å². The van der Waals surface area contributed by atoms with Crippen LogP contribution in [0.4, 0.5) is 0 Å². The van der Waals surface area contributed by atoms with E-state index in [2.05, 4.69) is 32.9 Å². The minimum absolute atomic E-state index is 0.131. The zero-order valence-corrected chi connectivity index (χ0v) is 9.74. The van der Waals surface area contributed by atoms with Crippen LogP contribution >= 0.6 is 12.2 Å². The molecule has 0 saturated heterocycles. The van der Waals surface area contributed by atoms with Gasteiger partial charge in [-0.3, -0.25) is 10.5 Å². The summed E-state index contributed by atoms with van der Waals surface area (Å²) in [5.41, 5.74) is 10.6. The van der Waals surface area contributed by atoms with Crippen molar-refractivity contribution in [1.82, 2.24) is 15.6 Å². The third-order valence-corrected chi connectivity index (χ3v) is 2.20. The fourth-order valence-corrected chi connectivity index (χ4v) is 1.45. The van der Waals surface area contributed by atoms with Crippen LogP contribution in [0.2, 0.25) is 0 Å². The minimum Gasteiger partial charge on any atom is -0.375 e. The Morgan fingerprint density at radius 3 is 2.88 bits per heavy atom. The molecule has 1 aromatic heterocycles. The van der Waals surface area contributed by atoms with Crippen LogP contribution in [-0.4, -0.2) is 21.5 Å². The van der Waals surface area contributed by atoms with E-state index in [0.717, 1.165) is 16.8 Å². The molecule has 6 heteroatoms. The third-order valence-electron chi connectivity index (χ3n) is 2.11. The Bertz CT molecular complexity index is 532. The Labute approximate surface area is 104 Å². The Hall–Kier alpha value is -2.21. The van der Waals surface area contributed by atoms with Crippen molar-refractivity contribution in [3.63, 3.8) is 0 Å². The summed E-state index contributed by atoms with van der Waals surface area (Å²) in [7, 11) is 0. The van der Waals surface area contributed by atoms with Crippen LogP contribution in [-0.2, 0) is 0 Å². The number of nitrogens with one attached hydrogen (secondary N) is 2. The molecule has 2 aromatic rings. The summed E-state index contributed by atoms with van der Waals surface area (Å²) in [4.78, 5) is 0. The van der Waals surface area contributed by atoms with Crippen molar-refractivity contribution in [1.29, 1.82) is 0 Å². The average Bonchev–Trinajstić information content (AvgIpc) is 2.78. The lowest BCUT2D eigenvalue weighted by atomic mass is 10.1. The van der Waals surface area contributed by atoms with Crippen molar-refractivity contribution in [3.05, 3.63) is 42.1 Å². The molecule has 2 rings (SSSR count). The van der Waals surface area contributed by atoms with Gasteiger partial charge in [0.15, 0.2) is 5.11 Å². The van der Waals surface area contributed by atoms with Crippen molar-refractivity contribution in [3.8, 4) is 11.3 Å². The SMILES string of the molecule is NC(=S)N/N=C/c1cn[nH]c1-c1ccccc1. The molecule has 0 aliphatic rings. The van der Waals surface area contributed by atoms with E-state index in [-0.39, 0.29) is 5.11 Å². The molecule has 0 amide bonds. The number of rotatable bonds is 3. The van der Waals surface area contributed by atoms with Gasteiger partial charge in [0.2, 0.25) is 0 Å². The first-order valence-electron chi connectivity index (χ1n) is 4.94. The molecule has 0 aliphatic heterocycles. The van der Waals surface area contributed by atoms with Gasteiger partial charge in [0.25, 0.3) is 0 Å². The maximum Gasteiger partial charge on any atom is 0.184 e. The van der Waals surface area contributed by atoms with Gasteiger partial charge >= 0.3 is 0 Å². The van der Waals surface area contributed by atoms with E-state index in [9.17, 15) is 0 Å². The average molecular weight is 245 g/mol. The van der Waals surface area contributed by atoms with Crippen LogP contribution in [0.5, 0.6) is 0 Å². The van der Waals surface area contributed by atoms with E-state index in [1.54, 1.807) is 12.4 Å². The lowest BCUT2D eigenvalue weighted by molar-refractivity contribution is 1.04. The van der Waals surface area contributed by atoms with Crippen LogP contribution in [0.15, 0.2) is 41.6 Å². The molecule has 1 heterocycles. The van der Waals surface area contributed by atoms with E-state index < -0.39 is 0 Å². The molecule has 0 unspecified atom stereocenters. The summed E-state index contributed by atoms with van der Waals surface area (Å²) in [6.07, 6.45) is 3.30. The highest BCUT2D eigenvalue weighted by Crippen LogP contribution is 2.18. The van der Waals surface area contributed by atoms with Crippen LogP contribution in [0.1, 0.15) is 5.56 Å². The first-order valence-corrected chi connectivity index (χ1v) is 5.35. The van der Waals surface area contributed by atoms with Crippen LogP contribution in [0.3, 0.4) is 0 Å². The van der Waals surface area contributed by atoms with Crippen molar-refractivity contribution < 1.29 is 0 Å². The topological polar surface area (TPSA) is 79.1 Å². The van der Waals surface area contributed by atoms with Gasteiger partial charge in [0.05, 0.1) is 18.1 Å². The van der Waals surface area contributed by atoms with Crippen molar-refractivity contribution >= 4 is 23.5 Å². The maximum absolute atomic E-state index is 5.26. The monoisotopic (exact) mass is 245 g/mol. The van der Waals surface area contributed by atoms with Gasteiger partial charge in [-0.05, 0) is 12.2 Å². The molecule has 0 radical (unpaired) electrons. The van der Waals surface area contributed by atoms with Crippen LogP contribution < -0.4 is 11.2 Å². The van der Waals surface area contributed by atoms with Crippen molar-refractivity contribution in [2.24, 2.45) is 10.8 Å². The molecule has 4 N–H and O–H groups in total. The van der Waals surface area contributed by atoms with Gasteiger partial charge in [0, 0.05) is 11.1 Å². The Morgan fingerprint density at radius 1 is 1.41 bits per heavy atom. The summed E-state index contributed by atoms with van der Waals surface area (Å²) in [6, 6.07) is 9.87. The maximum atomic E-state index is 5.26. The van der Waals surface area contributed by atoms with Crippen LogP contribution in [0.25, 0.3) is 11.3 Å². The number of H-pyrrole nitrogens is 1. The highest BCUT2D eigenvalue weighted by molar-refractivity contribution is 7.80. The lowest BCUT2D eigenvalue weighted by Crippen LogP contribution is -2.23. The largest absolute Gasteiger partial charge is 0.375 e. The number of nitrogens with zero attached hydrogens (tertiary/aromatic N) is 2. The zero-order chi connectivity index (χ0) is 12.1. The molecular formula is C11H11N5S. The van der Waals surface area contributed by atoms with E-state index in [4.69, 9.17) is 5.73 Å². The predicted octanol–water partition coefficient (Wildman–Crippen LogP) is 1.24. The summed E-state index contributed by atoms with van der Waals surface area (Å²) in [5, 5.41) is 10.9. The van der Waals surface area contributed by atoms with Gasteiger partial charge in [0.1, 0.15) is 0 Å². The first kappa shape index (κ1) is 11.3. The smallest absolute Gasteiger partial charge is 0.184 e. The second-order valence-electron chi connectivity index (χ2n) is 3.30. The fourth-order valence-electron chi connectivity index (χ4n) is 1.39. The van der Waals surface area contributed by atoms with Gasteiger partial charge in [-0.15, -0.1) is 0 Å². The summed E-state index contributed by atoms with van der Waals surface area (Å²) >= 11 is 4.65. The van der Waals surface area contributed by atoms with Gasteiger partial charge in [-0.2, -0.15) is 10.2 Å². The Balaban J connectivity index is 2.23.